The maximum atomic E-state index is 11.2. The summed E-state index contributed by atoms with van der Waals surface area (Å²) in [4.78, 5) is 0. The van der Waals surface area contributed by atoms with Gasteiger partial charge < -0.3 is 5.73 Å². The lowest BCUT2D eigenvalue weighted by atomic mass is 10.5. The average Bonchev–Trinajstić information content (AvgIpc) is 1.94. The molecule has 0 bridgehead atoms. The molecule has 68 valence electrons. The van der Waals surface area contributed by atoms with Crippen molar-refractivity contribution in [3.63, 3.8) is 0 Å². The van der Waals surface area contributed by atoms with Crippen LogP contribution in [0, 0.1) is 0 Å². The molecule has 6 heteroatoms. The minimum absolute atomic E-state index is 0.0300. The van der Waals surface area contributed by atoms with E-state index in [1.807, 2.05) is 6.92 Å². The molecule has 0 aromatic heterocycles. The normalized spacial score (nSPS) is 20.8. The Morgan fingerprint density at radius 3 is 2.83 bits per heavy atom. The predicted octanol–water partition coefficient (Wildman–Crippen LogP) is -0.172. The highest BCUT2D eigenvalue weighted by molar-refractivity contribution is 7.88. The summed E-state index contributed by atoms with van der Waals surface area (Å²) >= 11 is 0. The van der Waals surface area contributed by atoms with Crippen LogP contribution >= 0.6 is 0 Å². The highest BCUT2D eigenvalue weighted by Crippen LogP contribution is 2.09. The standard InChI is InChI=1S/C6H11N3O2S/c1-2-4-9-5-3-6(7)8-12(9,10)11/h3,5H,2,4H2,1H3,(H2,7,8). The van der Waals surface area contributed by atoms with Crippen LogP contribution in [0.5, 0.6) is 0 Å². The molecule has 0 atom stereocenters. The van der Waals surface area contributed by atoms with Gasteiger partial charge in [0, 0.05) is 12.7 Å². The van der Waals surface area contributed by atoms with Crippen LogP contribution in [-0.4, -0.2) is 25.1 Å². The number of rotatable bonds is 2. The van der Waals surface area contributed by atoms with Gasteiger partial charge in [-0.3, -0.25) is 4.31 Å². The van der Waals surface area contributed by atoms with Gasteiger partial charge in [-0.25, -0.2) is 0 Å². The van der Waals surface area contributed by atoms with Crippen molar-refractivity contribution >= 4 is 16.0 Å². The molecule has 0 amide bonds. The van der Waals surface area contributed by atoms with E-state index in [2.05, 4.69) is 4.40 Å². The molecule has 1 heterocycles. The summed E-state index contributed by atoms with van der Waals surface area (Å²) in [6, 6.07) is 0. The lowest BCUT2D eigenvalue weighted by molar-refractivity contribution is 0.496. The topological polar surface area (TPSA) is 75.8 Å². The summed E-state index contributed by atoms with van der Waals surface area (Å²) in [5.41, 5.74) is 5.23. The van der Waals surface area contributed by atoms with E-state index in [0.717, 1.165) is 6.42 Å². The van der Waals surface area contributed by atoms with E-state index in [0.29, 0.717) is 6.54 Å². The quantitative estimate of drug-likeness (QED) is 0.655. The molecule has 0 spiro atoms. The summed E-state index contributed by atoms with van der Waals surface area (Å²) in [7, 11) is -3.53. The zero-order valence-corrected chi connectivity index (χ0v) is 7.58. The van der Waals surface area contributed by atoms with Crippen molar-refractivity contribution < 1.29 is 8.42 Å². The second-order valence-electron chi connectivity index (χ2n) is 2.42. The molecular formula is C6H11N3O2S. The van der Waals surface area contributed by atoms with Crippen molar-refractivity contribution in [1.82, 2.24) is 4.31 Å². The van der Waals surface area contributed by atoms with Gasteiger partial charge in [0.1, 0.15) is 5.84 Å². The molecule has 0 aromatic carbocycles. The number of amidine groups is 1. The Bertz CT molecular complexity index is 318. The molecule has 2 N–H and O–H groups in total. The van der Waals surface area contributed by atoms with E-state index in [1.165, 1.54) is 16.6 Å². The summed E-state index contributed by atoms with van der Waals surface area (Å²) in [6.45, 7) is 2.33. The third-order valence-electron chi connectivity index (χ3n) is 1.37. The minimum Gasteiger partial charge on any atom is -0.383 e. The number of nitrogens with zero attached hydrogens (tertiary/aromatic N) is 2. The summed E-state index contributed by atoms with van der Waals surface area (Å²) in [5, 5.41) is 0. The molecule has 5 nitrogen and oxygen atoms in total. The maximum Gasteiger partial charge on any atom is 0.346 e. The SMILES string of the molecule is CCCN1C=CC(N)=NS1(=O)=O. The Hall–Kier alpha value is -1.04. The van der Waals surface area contributed by atoms with Gasteiger partial charge in [-0.05, 0) is 12.5 Å². The Labute approximate surface area is 71.8 Å². The third kappa shape index (κ3) is 1.76. The van der Waals surface area contributed by atoms with E-state index >= 15 is 0 Å². The van der Waals surface area contributed by atoms with E-state index in [1.54, 1.807) is 0 Å². The van der Waals surface area contributed by atoms with Crippen LogP contribution in [0.25, 0.3) is 0 Å². The Balaban J connectivity index is 2.90. The molecule has 1 aliphatic heterocycles. The van der Waals surface area contributed by atoms with Gasteiger partial charge >= 0.3 is 10.2 Å². The molecule has 0 unspecified atom stereocenters. The first-order chi connectivity index (χ1) is 5.56. The van der Waals surface area contributed by atoms with Crippen molar-refractivity contribution in [3.05, 3.63) is 12.3 Å². The molecule has 1 aliphatic rings. The Morgan fingerprint density at radius 2 is 2.33 bits per heavy atom. The van der Waals surface area contributed by atoms with Crippen LogP contribution in [0.3, 0.4) is 0 Å². The minimum atomic E-state index is -3.53. The lowest BCUT2D eigenvalue weighted by Gasteiger charge is -2.18. The number of hydrogen-bond donors (Lipinski definition) is 1. The molecule has 12 heavy (non-hydrogen) atoms. The van der Waals surface area contributed by atoms with Gasteiger partial charge in [-0.15, -0.1) is 4.40 Å². The maximum absolute atomic E-state index is 11.2. The van der Waals surface area contributed by atoms with Crippen LogP contribution in [0.4, 0.5) is 0 Å². The smallest absolute Gasteiger partial charge is 0.346 e. The monoisotopic (exact) mass is 189 g/mol. The Morgan fingerprint density at radius 1 is 1.67 bits per heavy atom. The fourth-order valence-corrected chi connectivity index (χ4v) is 1.92. The fraction of sp³-hybridized carbons (Fsp3) is 0.500. The first-order valence-corrected chi connectivity index (χ1v) is 5.01. The van der Waals surface area contributed by atoms with Gasteiger partial charge in [-0.1, -0.05) is 6.92 Å². The molecule has 0 aliphatic carbocycles. The van der Waals surface area contributed by atoms with Crippen molar-refractivity contribution in [2.24, 2.45) is 10.1 Å². The second kappa shape index (κ2) is 3.14. The van der Waals surface area contributed by atoms with Crippen molar-refractivity contribution in [1.29, 1.82) is 0 Å². The second-order valence-corrected chi connectivity index (χ2v) is 3.97. The van der Waals surface area contributed by atoms with Gasteiger partial charge in [0.2, 0.25) is 0 Å². The van der Waals surface area contributed by atoms with Crippen molar-refractivity contribution in [3.8, 4) is 0 Å². The molecular weight excluding hydrogens is 178 g/mol. The van der Waals surface area contributed by atoms with Gasteiger partial charge in [0.05, 0.1) is 0 Å². The first-order valence-electron chi connectivity index (χ1n) is 3.61. The zero-order chi connectivity index (χ0) is 9.19. The van der Waals surface area contributed by atoms with Gasteiger partial charge in [0.15, 0.2) is 0 Å². The largest absolute Gasteiger partial charge is 0.383 e. The number of hydrogen-bond acceptors (Lipinski definition) is 3. The van der Waals surface area contributed by atoms with Crippen LogP contribution in [0.2, 0.25) is 0 Å². The molecule has 0 radical (unpaired) electrons. The van der Waals surface area contributed by atoms with Crippen LogP contribution in [-0.2, 0) is 10.2 Å². The highest BCUT2D eigenvalue weighted by Gasteiger charge is 2.19. The summed E-state index contributed by atoms with van der Waals surface area (Å²) in [5.74, 6) is 0.0300. The molecule has 0 saturated carbocycles. The molecule has 1 rings (SSSR count). The zero-order valence-electron chi connectivity index (χ0n) is 6.77. The fourth-order valence-electron chi connectivity index (χ4n) is 0.863. The highest BCUT2D eigenvalue weighted by atomic mass is 32.2. The van der Waals surface area contributed by atoms with Crippen molar-refractivity contribution in [2.75, 3.05) is 6.54 Å². The summed E-state index contributed by atoms with van der Waals surface area (Å²) < 4.78 is 26.9. The molecule has 0 aromatic rings. The predicted molar refractivity (Wildman–Crippen MR) is 46.7 cm³/mol. The summed E-state index contributed by atoms with van der Waals surface area (Å²) in [6.07, 6.45) is 3.65. The molecule has 0 saturated heterocycles. The van der Waals surface area contributed by atoms with Crippen LogP contribution in [0.15, 0.2) is 16.7 Å². The van der Waals surface area contributed by atoms with E-state index < -0.39 is 10.2 Å². The van der Waals surface area contributed by atoms with Crippen molar-refractivity contribution in [2.45, 2.75) is 13.3 Å². The lowest BCUT2D eigenvalue weighted by Crippen LogP contribution is -2.30. The third-order valence-corrected chi connectivity index (χ3v) is 2.71. The molecule has 0 fully saturated rings. The van der Waals surface area contributed by atoms with E-state index in [4.69, 9.17) is 5.73 Å². The number of nitrogens with two attached hydrogens (primary N) is 1. The van der Waals surface area contributed by atoms with Crippen LogP contribution < -0.4 is 5.73 Å². The first kappa shape index (κ1) is 9.05. The average molecular weight is 189 g/mol. The van der Waals surface area contributed by atoms with Gasteiger partial charge in [0.25, 0.3) is 0 Å². The van der Waals surface area contributed by atoms with Gasteiger partial charge in [-0.2, -0.15) is 8.42 Å². The van der Waals surface area contributed by atoms with E-state index in [-0.39, 0.29) is 5.84 Å². The van der Waals surface area contributed by atoms with E-state index in [9.17, 15) is 8.42 Å². The van der Waals surface area contributed by atoms with Crippen LogP contribution in [0.1, 0.15) is 13.3 Å². The Kier molecular flexibility index (Phi) is 2.37.